The molecule has 2 aromatic rings. The van der Waals surface area contributed by atoms with Crippen LogP contribution in [0.1, 0.15) is 34.5 Å². The molecular formula is C24H26ClF2N3O6. The highest BCUT2D eigenvalue weighted by Crippen LogP contribution is 2.27. The van der Waals surface area contributed by atoms with Crippen LogP contribution in [-0.4, -0.2) is 68.4 Å². The third-order valence-corrected chi connectivity index (χ3v) is 5.59. The number of halogens is 3. The van der Waals surface area contributed by atoms with Crippen LogP contribution in [0, 0.1) is 5.82 Å². The zero-order valence-electron chi connectivity index (χ0n) is 19.2. The van der Waals surface area contributed by atoms with Crippen LogP contribution in [0.5, 0.6) is 0 Å². The first-order valence-electron chi connectivity index (χ1n) is 10.9. The molecule has 1 aromatic carbocycles. The Morgan fingerprint density at radius 1 is 1.11 bits per heavy atom. The van der Waals surface area contributed by atoms with Gasteiger partial charge in [-0.05, 0) is 29.8 Å². The summed E-state index contributed by atoms with van der Waals surface area (Å²) in [6.45, 7) is 1.10. The molecule has 0 unspecified atom stereocenters. The van der Waals surface area contributed by atoms with Crippen molar-refractivity contribution < 1.29 is 38.5 Å². The summed E-state index contributed by atoms with van der Waals surface area (Å²) in [6, 6.07) is 7.41. The average Bonchev–Trinajstić information content (AvgIpc) is 2.85. The first-order valence-corrected chi connectivity index (χ1v) is 11.2. The van der Waals surface area contributed by atoms with E-state index in [9.17, 15) is 18.8 Å². The maximum absolute atomic E-state index is 15.0. The molecule has 1 fully saturated rings. The number of aliphatic carboxylic acids is 2. The topological polar surface area (TPSA) is 140 Å². The summed E-state index contributed by atoms with van der Waals surface area (Å²) in [7, 11) is 0. The maximum Gasteiger partial charge on any atom is 0.328 e. The molecule has 0 saturated carbocycles. The Kier molecular flexibility index (Phi) is 10.9. The van der Waals surface area contributed by atoms with Gasteiger partial charge in [-0.1, -0.05) is 17.7 Å². The predicted octanol–water partition coefficient (Wildman–Crippen LogP) is 2.81. The standard InChI is InChI=1S/C20H22ClF2N3O2.C4H4O4/c21-17-9-15(2-4-18(17)22)19(28)26-7-5-20(23,6-8-26)13-24-11-16-3-1-14(12-27)10-25-16;5-3(6)1-2-4(7)8/h1-4,9-10,24,27H,5-8,11-13H2;1-2H,(H,5,6)(H,7,8)/b;2-1+. The van der Waals surface area contributed by atoms with E-state index in [4.69, 9.17) is 26.9 Å². The van der Waals surface area contributed by atoms with Crippen LogP contribution in [-0.2, 0) is 22.7 Å². The van der Waals surface area contributed by atoms with Crippen LogP contribution >= 0.6 is 11.6 Å². The van der Waals surface area contributed by atoms with Gasteiger partial charge in [-0.3, -0.25) is 9.78 Å². The third kappa shape index (κ3) is 9.33. The second kappa shape index (κ2) is 13.6. The van der Waals surface area contributed by atoms with E-state index >= 15 is 4.39 Å². The predicted molar refractivity (Wildman–Crippen MR) is 127 cm³/mol. The van der Waals surface area contributed by atoms with E-state index in [1.807, 2.05) is 0 Å². The van der Waals surface area contributed by atoms with Gasteiger partial charge in [0.1, 0.15) is 11.5 Å². The number of carboxylic acid groups (broad SMARTS) is 2. The number of aromatic nitrogens is 1. The fourth-order valence-corrected chi connectivity index (χ4v) is 3.49. The fraction of sp³-hybridized carbons (Fsp3) is 0.333. The highest BCUT2D eigenvalue weighted by molar-refractivity contribution is 6.31. The summed E-state index contributed by atoms with van der Waals surface area (Å²) in [4.78, 5) is 37.4. The zero-order valence-corrected chi connectivity index (χ0v) is 19.9. The lowest BCUT2D eigenvalue weighted by molar-refractivity contribution is -0.134. The summed E-state index contributed by atoms with van der Waals surface area (Å²) in [6.07, 6.45) is 3.15. The third-order valence-electron chi connectivity index (χ3n) is 5.30. The number of carbonyl (C=O) groups is 3. The second-order valence-corrected chi connectivity index (χ2v) is 8.41. The number of pyridine rings is 1. The van der Waals surface area contributed by atoms with Crippen LogP contribution in [0.4, 0.5) is 8.78 Å². The van der Waals surface area contributed by atoms with Crippen molar-refractivity contribution in [2.45, 2.75) is 31.7 Å². The van der Waals surface area contributed by atoms with Gasteiger partial charge in [0.25, 0.3) is 5.91 Å². The van der Waals surface area contributed by atoms with E-state index in [1.165, 1.54) is 12.1 Å². The number of carboxylic acids is 2. The minimum Gasteiger partial charge on any atom is -0.478 e. The number of piperidine rings is 1. The Balaban J connectivity index is 0.000000493. The van der Waals surface area contributed by atoms with Gasteiger partial charge in [-0.15, -0.1) is 0 Å². The van der Waals surface area contributed by atoms with Crippen LogP contribution in [0.3, 0.4) is 0 Å². The molecule has 0 bridgehead atoms. The molecule has 3 rings (SSSR count). The highest BCUT2D eigenvalue weighted by Gasteiger charge is 2.36. The van der Waals surface area contributed by atoms with Gasteiger partial charge in [-0.2, -0.15) is 0 Å². The Labute approximate surface area is 211 Å². The van der Waals surface area contributed by atoms with Crippen molar-refractivity contribution in [3.8, 4) is 0 Å². The lowest BCUT2D eigenvalue weighted by atomic mass is 9.92. The Morgan fingerprint density at radius 2 is 1.75 bits per heavy atom. The van der Waals surface area contributed by atoms with E-state index in [-0.39, 0.29) is 50.0 Å². The number of nitrogens with one attached hydrogen (secondary N) is 1. The number of aliphatic hydroxyl groups excluding tert-OH is 1. The van der Waals surface area contributed by atoms with Crippen LogP contribution in [0.2, 0.25) is 5.02 Å². The maximum atomic E-state index is 15.0. The van der Waals surface area contributed by atoms with E-state index < -0.39 is 23.4 Å². The van der Waals surface area contributed by atoms with Crippen molar-refractivity contribution in [1.82, 2.24) is 15.2 Å². The summed E-state index contributed by atoms with van der Waals surface area (Å²) in [5, 5.41) is 27.6. The van der Waals surface area contributed by atoms with Crippen molar-refractivity contribution in [2.75, 3.05) is 19.6 Å². The number of likely N-dealkylation sites (tertiary alicyclic amines) is 1. The molecule has 1 aromatic heterocycles. The minimum absolute atomic E-state index is 0.0619. The number of nitrogens with zero attached hydrogens (tertiary/aromatic N) is 2. The molecule has 0 atom stereocenters. The van der Waals surface area contributed by atoms with Crippen LogP contribution in [0.25, 0.3) is 0 Å². The van der Waals surface area contributed by atoms with E-state index in [2.05, 4.69) is 10.3 Å². The van der Waals surface area contributed by atoms with E-state index in [1.54, 1.807) is 23.2 Å². The molecule has 4 N–H and O–H groups in total. The van der Waals surface area contributed by atoms with Crippen molar-refractivity contribution in [3.63, 3.8) is 0 Å². The quantitative estimate of drug-likeness (QED) is 0.386. The number of alkyl halides is 1. The molecule has 2 heterocycles. The molecule has 9 nitrogen and oxygen atoms in total. The normalized spacial score (nSPS) is 14.7. The number of rotatable bonds is 8. The molecule has 0 spiro atoms. The first-order chi connectivity index (χ1) is 17.0. The second-order valence-electron chi connectivity index (χ2n) is 8.00. The van der Waals surface area contributed by atoms with E-state index in [0.29, 0.717) is 24.3 Å². The molecular weight excluding hydrogens is 500 g/mol. The molecule has 1 aliphatic rings. The average molecular weight is 526 g/mol. The van der Waals surface area contributed by atoms with Gasteiger partial charge >= 0.3 is 11.9 Å². The lowest BCUT2D eigenvalue weighted by Gasteiger charge is -2.36. The molecule has 194 valence electrons. The molecule has 12 heteroatoms. The molecule has 1 aliphatic heterocycles. The Bertz CT molecular complexity index is 1070. The monoisotopic (exact) mass is 525 g/mol. The van der Waals surface area contributed by atoms with Gasteiger partial charge in [0, 0.05) is 62.9 Å². The molecule has 0 aliphatic carbocycles. The summed E-state index contributed by atoms with van der Waals surface area (Å²) < 4.78 is 28.3. The first kappa shape index (κ1) is 28.8. The summed E-state index contributed by atoms with van der Waals surface area (Å²) >= 11 is 5.74. The minimum atomic E-state index is -1.40. The summed E-state index contributed by atoms with van der Waals surface area (Å²) in [5.74, 6) is -3.36. The van der Waals surface area contributed by atoms with Crippen LogP contribution in [0.15, 0.2) is 48.7 Å². The van der Waals surface area contributed by atoms with Crippen molar-refractivity contribution in [3.05, 3.63) is 76.3 Å². The molecule has 1 amide bonds. The Morgan fingerprint density at radius 3 is 2.25 bits per heavy atom. The van der Waals surface area contributed by atoms with Crippen molar-refractivity contribution in [1.29, 1.82) is 0 Å². The van der Waals surface area contributed by atoms with Gasteiger partial charge in [0.2, 0.25) is 0 Å². The number of aliphatic hydroxyl groups is 1. The van der Waals surface area contributed by atoms with Gasteiger partial charge < -0.3 is 25.5 Å². The smallest absolute Gasteiger partial charge is 0.328 e. The molecule has 36 heavy (non-hydrogen) atoms. The van der Waals surface area contributed by atoms with Crippen molar-refractivity contribution >= 4 is 29.4 Å². The lowest BCUT2D eigenvalue weighted by Crippen LogP contribution is -2.48. The number of hydrogen-bond acceptors (Lipinski definition) is 6. The molecule has 0 radical (unpaired) electrons. The van der Waals surface area contributed by atoms with Gasteiger partial charge in [0.05, 0.1) is 17.3 Å². The van der Waals surface area contributed by atoms with E-state index in [0.717, 1.165) is 17.3 Å². The number of amides is 1. The fourth-order valence-electron chi connectivity index (χ4n) is 3.31. The number of benzene rings is 1. The van der Waals surface area contributed by atoms with Gasteiger partial charge in [-0.25, -0.2) is 18.4 Å². The molecule has 1 saturated heterocycles. The number of carbonyl (C=O) groups excluding carboxylic acids is 1. The largest absolute Gasteiger partial charge is 0.478 e. The van der Waals surface area contributed by atoms with Crippen LogP contribution < -0.4 is 5.32 Å². The van der Waals surface area contributed by atoms with Crippen molar-refractivity contribution in [2.24, 2.45) is 0 Å². The number of hydrogen-bond donors (Lipinski definition) is 4. The highest BCUT2D eigenvalue weighted by atomic mass is 35.5. The summed E-state index contributed by atoms with van der Waals surface area (Å²) in [5.41, 5.74) is 0.391. The zero-order chi connectivity index (χ0) is 26.7. The Hall–Kier alpha value is -3.41. The SMILES string of the molecule is O=C(O)/C=C/C(=O)O.O=C(c1ccc(F)c(Cl)c1)N1CCC(F)(CNCc2ccc(CO)cn2)CC1. The van der Waals surface area contributed by atoms with Gasteiger partial charge in [0.15, 0.2) is 0 Å².